The number of hydrogen-bond donors (Lipinski definition) is 1. The van der Waals surface area contributed by atoms with E-state index in [0.717, 1.165) is 30.0 Å². The third-order valence-electron chi connectivity index (χ3n) is 3.81. The lowest BCUT2D eigenvalue weighted by molar-refractivity contribution is 0.236. The fourth-order valence-corrected chi connectivity index (χ4v) is 2.60. The lowest BCUT2D eigenvalue weighted by Gasteiger charge is -2.17. The molecule has 1 N–H and O–H groups in total. The molecule has 1 aliphatic rings. The Morgan fingerprint density at radius 2 is 1.90 bits per heavy atom. The summed E-state index contributed by atoms with van der Waals surface area (Å²) in [6, 6.07) is 3.79. The summed E-state index contributed by atoms with van der Waals surface area (Å²) in [5.74, 6) is 1.58. The number of halogens is 1. The van der Waals surface area contributed by atoms with Gasteiger partial charge in [0.05, 0.1) is 0 Å². The van der Waals surface area contributed by atoms with Crippen LogP contribution >= 0.6 is 12.4 Å². The van der Waals surface area contributed by atoms with Crippen molar-refractivity contribution in [3.63, 3.8) is 0 Å². The summed E-state index contributed by atoms with van der Waals surface area (Å²) in [5, 5.41) is 9.92. The Labute approximate surface area is 128 Å². The molecule has 1 aromatic rings. The average Bonchev–Trinajstić information content (AvgIpc) is 2.84. The second kappa shape index (κ2) is 7.75. The van der Waals surface area contributed by atoms with E-state index in [4.69, 9.17) is 4.74 Å². The molecule has 2 rings (SSSR count). The molecule has 0 aliphatic carbocycles. The maximum atomic E-state index is 9.92. The van der Waals surface area contributed by atoms with Gasteiger partial charge in [-0.15, -0.1) is 12.4 Å². The molecule has 1 aliphatic heterocycles. The molecule has 3 nitrogen and oxygen atoms in total. The molecule has 1 heterocycles. The van der Waals surface area contributed by atoms with Crippen molar-refractivity contribution in [2.45, 2.75) is 39.5 Å². The van der Waals surface area contributed by atoms with Crippen molar-refractivity contribution < 1.29 is 9.84 Å². The molecule has 0 unspecified atom stereocenters. The van der Waals surface area contributed by atoms with Gasteiger partial charge in [0.25, 0.3) is 0 Å². The van der Waals surface area contributed by atoms with Crippen LogP contribution in [-0.2, 0) is 0 Å². The number of rotatable bonds is 5. The molecule has 0 saturated carbocycles. The van der Waals surface area contributed by atoms with E-state index in [1.165, 1.54) is 25.9 Å². The number of nitrogens with zero attached hydrogens (tertiary/aromatic N) is 1. The van der Waals surface area contributed by atoms with Crippen LogP contribution in [0.5, 0.6) is 11.5 Å². The van der Waals surface area contributed by atoms with Crippen molar-refractivity contribution in [1.82, 2.24) is 4.90 Å². The first-order chi connectivity index (χ1) is 9.08. The normalized spacial score (nSPS) is 15.4. The smallest absolute Gasteiger partial charge is 0.122 e. The standard InChI is InChI=1S/C16H25NO2.ClH/c1-12(2)14-11-16(13(3)10-15(14)18)19-9-8-17-6-4-5-7-17;/h10-12,18H,4-9H2,1-3H3;1H. The summed E-state index contributed by atoms with van der Waals surface area (Å²) in [7, 11) is 0. The van der Waals surface area contributed by atoms with E-state index in [1.807, 2.05) is 13.0 Å². The van der Waals surface area contributed by atoms with E-state index in [2.05, 4.69) is 18.7 Å². The van der Waals surface area contributed by atoms with Crippen molar-refractivity contribution in [3.8, 4) is 11.5 Å². The van der Waals surface area contributed by atoms with E-state index in [0.29, 0.717) is 11.7 Å². The Balaban J connectivity index is 0.00000200. The predicted octanol–water partition coefficient (Wildman–Crippen LogP) is 3.72. The molecule has 0 radical (unpaired) electrons. The largest absolute Gasteiger partial charge is 0.508 e. The molecule has 1 fully saturated rings. The Hall–Kier alpha value is -0.930. The van der Waals surface area contributed by atoms with Gasteiger partial charge in [0.15, 0.2) is 0 Å². The maximum absolute atomic E-state index is 9.92. The highest BCUT2D eigenvalue weighted by atomic mass is 35.5. The second-order valence-electron chi connectivity index (χ2n) is 5.73. The molecule has 114 valence electrons. The molecule has 0 amide bonds. The molecule has 1 aromatic carbocycles. The second-order valence-corrected chi connectivity index (χ2v) is 5.73. The van der Waals surface area contributed by atoms with Gasteiger partial charge in [-0.1, -0.05) is 13.8 Å². The average molecular weight is 300 g/mol. The molecule has 0 aromatic heterocycles. The number of ether oxygens (including phenoxy) is 1. The lowest BCUT2D eigenvalue weighted by atomic mass is 10.00. The zero-order valence-electron chi connectivity index (χ0n) is 12.7. The first kappa shape index (κ1) is 17.1. The monoisotopic (exact) mass is 299 g/mol. The lowest BCUT2D eigenvalue weighted by Crippen LogP contribution is -2.25. The van der Waals surface area contributed by atoms with Crippen LogP contribution in [0.3, 0.4) is 0 Å². The van der Waals surface area contributed by atoms with Gasteiger partial charge in [0, 0.05) is 12.1 Å². The van der Waals surface area contributed by atoms with Gasteiger partial charge >= 0.3 is 0 Å². The summed E-state index contributed by atoms with van der Waals surface area (Å²) in [6.07, 6.45) is 2.63. The van der Waals surface area contributed by atoms with Crippen LogP contribution in [-0.4, -0.2) is 36.2 Å². The van der Waals surface area contributed by atoms with Gasteiger partial charge in [-0.25, -0.2) is 0 Å². The van der Waals surface area contributed by atoms with Crippen molar-refractivity contribution in [1.29, 1.82) is 0 Å². The summed E-state index contributed by atoms with van der Waals surface area (Å²) in [6.45, 7) is 10.3. The van der Waals surface area contributed by atoms with Gasteiger partial charge in [-0.3, -0.25) is 4.90 Å². The van der Waals surface area contributed by atoms with Crippen LogP contribution in [0, 0.1) is 6.92 Å². The highest BCUT2D eigenvalue weighted by molar-refractivity contribution is 5.85. The zero-order valence-corrected chi connectivity index (χ0v) is 13.5. The van der Waals surface area contributed by atoms with Crippen molar-refractivity contribution in [2.24, 2.45) is 0 Å². The van der Waals surface area contributed by atoms with E-state index >= 15 is 0 Å². The van der Waals surface area contributed by atoms with E-state index < -0.39 is 0 Å². The topological polar surface area (TPSA) is 32.7 Å². The van der Waals surface area contributed by atoms with Gasteiger partial charge in [0.2, 0.25) is 0 Å². The Kier molecular flexibility index (Phi) is 6.63. The van der Waals surface area contributed by atoms with E-state index in [-0.39, 0.29) is 12.4 Å². The van der Waals surface area contributed by atoms with Crippen LogP contribution in [0.1, 0.15) is 43.7 Å². The molecule has 20 heavy (non-hydrogen) atoms. The minimum absolute atomic E-state index is 0. The highest BCUT2D eigenvalue weighted by Crippen LogP contribution is 2.32. The molecule has 0 spiro atoms. The molecular weight excluding hydrogens is 274 g/mol. The number of likely N-dealkylation sites (tertiary alicyclic amines) is 1. The number of aryl methyl sites for hydroxylation is 1. The summed E-state index contributed by atoms with van der Waals surface area (Å²) in [4.78, 5) is 2.44. The fraction of sp³-hybridized carbons (Fsp3) is 0.625. The van der Waals surface area contributed by atoms with E-state index in [9.17, 15) is 5.11 Å². The van der Waals surface area contributed by atoms with Gasteiger partial charge in [-0.2, -0.15) is 0 Å². The molecule has 0 atom stereocenters. The summed E-state index contributed by atoms with van der Waals surface area (Å²) in [5.41, 5.74) is 1.96. The zero-order chi connectivity index (χ0) is 13.8. The number of benzene rings is 1. The van der Waals surface area contributed by atoms with Crippen LogP contribution in [0.4, 0.5) is 0 Å². The van der Waals surface area contributed by atoms with Crippen LogP contribution in [0.15, 0.2) is 12.1 Å². The molecule has 0 bridgehead atoms. The molecule has 4 heteroatoms. The maximum Gasteiger partial charge on any atom is 0.122 e. The highest BCUT2D eigenvalue weighted by Gasteiger charge is 2.13. The third kappa shape index (κ3) is 4.29. The van der Waals surface area contributed by atoms with Gasteiger partial charge in [0.1, 0.15) is 18.1 Å². The van der Waals surface area contributed by atoms with E-state index in [1.54, 1.807) is 6.07 Å². The number of phenols is 1. The minimum atomic E-state index is 0. The fourth-order valence-electron chi connectivity index (χ4n) is 2.60. The minimum Gasteiger partial charge on any atom is -0.508 e. The molecular formula is C16H26ClNO2. The predicted molar refractivity (Wildman–Crippen MR) is 85.3 cm³/mol. The number of aromatic hydroxyl groups is 1. The van der Waals surface area contributed by atoms with Crippen LogP contribution in [0.2, 0.25) is 0 Å². The Morgan fingerprint density at radius 1 is 1.25 bits per heavy atom. The van der Waals surface area contributed by atoms with Crippen molar-refractivity contribution in [2.75, 3.05) is 26.2 Å². The molecule has 1 saturated heterocycles. The third-order valence-corrected chi connectivity index (χ3v) is 3.81. The van der Waals surface area contributed by atoms with Crippen LogP contribution < -0.4 is 4.74 Å². The first-order valence-electron chi connectivity index (χ1n) is 7.26. The first-order valence-corrected chi connectivity index (χ1v) is 7.26. The SMILES string of the molecule is Cc1cc(O)c(C(C)C)cc1OCCN1CCCC1.Cl. The Morgan fingerprint density at radius 3 is 2.50 bits per heavy atom. The quantitative estimate of drug-likeness (QED) is 0.899. The Bertz CT molecular complexity index is 429. The van der Waals surface area contributed by atoms with Gasteiger partial charge < -0.3 is 9.84 Å². The van der Waals surface area contributed by atoms with Gasteiger partial charge in [-0.05, 0) is 56.5 Å². The van der Waals surface area contributed by atoms with Crippen LogP contribution in [0.25, 0.3) is 0 Å². The van der Waals surface area contributed by atoms with Crippen molar-refractivity contribution >= 4 is 12.4 Å². The summed E-state index contributed by atoms with van der Waals surface area (Å²) < 4.78 is 5.89. The summed E-state index contributed by atoms with van der Waals surface area (Å²) >= 11 is 0. The number of phenolic OH excluding ortho intramolecular Hbond substituents is 1. The number of hydrogen-bond acceptors (Lipinski definition) is 3. The van der Waals surface area contributed by atoms with Crippen molar-refractivity contribution in [3.05, 3.63) is 23.3 Å².